The van der Waals surface area contributed by atoms with Crippen LogP contribution in [0.1, 0.15) is 82.2 Å². The van der Waals surface area contributed by atoms with E-state index in [1.807, 2.05) is 27.7 Å². The number of aryl methyl sites for hydroxylation is 1. The van der Waals surface area contributed by atoms with E-state index in [4.69, 9.17) is 4.74 Å². The van der Waals surface area contributed by atoms with Gasteiger partial charge in [-0.05, 0) is 45.4 Å². The van der Waals surface area contributed by atoms with E-state index >= 15 is 0 Å². The number of hydrogen-bond acceptors (Lipinski definition) is 6. The third-order valence-corrected chi connectivity index (χ3v) is 5.83. The van der Waals surface area contributed by atoms with Gasteiger partial charge in [0.15, 0.2) is 0 Å². The lowest BCUT2D eigenvalue weighted by Crippen LogP contribution is -2.36. The van der Waals surface area contributed by atoms with E-state index in [0.717, 1.165) is 30.0 Å². The smallest absolute Gasteiger partial charge is 0.426 e. The van der Waals surface area contributed by atoms with Crippen molar-refractivity contribution in [2.24, 2.45) is 4.99 Å². The highest BCUT2D eigenvalue weighted by atomic mass is 32.1. The minimum atomic E-state index is -4.67. The van der Waals surface area contributed by atoms with Crippen LogP contribution in [0.4, 0.5) is 23.7 Å². The topological polar surface area (TPSA) is 97.6 Å². The predicted octanol–water partition coefficient (Wildman–Crippen LogP) is 5.65. The molecule has 0 spiro atoms. The van der Waals surface area contributed by atoms with Crippen molar-refractivity contribution in [2.75, 3.05) is 5.43 Å². The van der Waals surface area contributed by atoms with Crippen LogP contribution in [-0.2, 0) is 22.9 Å². The number of benzene rings is 1. The highest BCUT2D eigenvalue weighted by molar-refractivity contribution is 7.09. The molecule has 2 amide bonds. The number of amides is 2. The van der Waals surface area contributed by atoms with E-state index < -0.39 is 29.3 Å². The largest absolute Gasteiger partial charge is 0.443 e. The minimum Gasteiger partial charge on any atom is -0.443 e. The Labute approximate surface area is 206 Å². The third-order valence-electron chi connectivity index (χ3n) is 4.46. The molecule has 0 radical (unpaired) electrons. The zero-order valence-corrected chi connectivity index (χ0v) is 21.8. The summed E-state index contributed by atoms with van der Waals surface area (Å²) in [6.07, 6.45) is -3.84. The fourth-order valence-corrected chi connectivity index (χ4v) is 3.71. The van der Waals surface area contributed by atoms with Gasteiger partial charge in [0.1, 0.15) is 10.6 Å². The molecule has 2 aromatic rings. The first-order valence-corrected chi connectivity index (χ1v) is 12.0. The number of aromatic nitrogens is 2. The molecule has 2 rings (SSSR count). The van der Waals surface area contributed by atoms with E-state index in [-0.39, 0.29) is 21.5 Å². The maximum atomic E-state index is 13.4. The van der Waals surface area contributed by atoms with Crippen molar-refractivity contribution in [3.8, 4) is 0 Å². The van der Waals surface area contributed by atoms with Crippen molar-refractivity contribution < 1.29 is 27.5 Å². The Bertz CT molecular complexity index is 1130. The summed E-state index contributed by atoms with van der Waals surface area (Å²) in [6, 6.07) is 2.57. The number of halogens is 3. The van der Waals surface area contributed by atoms with Gasteiger partial charge in [-0.2, -0.15) is 23.3 Å². The Kier molecular flexibility index (Phi) is 8.75. The molecular formula is C23H32F3N5O3S. The Morgan fingerprint density at radius 2 is 1.80 bits per heavy atom. The fourth-order valence-electron chi connectivity index (χ4n) is 2.72. The lowest BCUT2D eigenvalue weighted by molar-refractivity contribution is -0.137. The summed E-state index contributed by atoms with van der Waals surface area (Å²) >= 11 is 1.21. The number of hydrogen-bond donors (Lipinski definition) is 2. The normalized spacial score (nSPS) is 13.0. The number of alkyl halides is 3. The molecule has 1 heterocycles. The van der Waals surface area contributed by atoms with Gasteiger partial charge in [0.05, 0.1) is 16.8 Å². The molecule has 0 atom stereocenters. The summed E-state index contributed by atoms with van der Waals surface area (Å²) < 4.78 is 46.8. The Balaban J connectivity index is 2.50. The molecule has 1 aromatic carbocycles. The van der Waals surface area contributed by atoms with Gasteiger partial charge in [0.25, 0.3) is 5.91 Å². The van der Waals surface area contributed by atoms with Gasteiger partial charge in [-0.15, -0.1) is 0 Å². The van der Waals surface area contributed by atoms with E-state index in [1.54, 1.807) is 25.5 Å². The first-order chi connectivity index (χ1) is 16.0. The average Bonchev–Trinajstić information content (AvgIpc) is 3.11. The van der Waals surface area contributed by atoms with Crippen molar-refractivity contribution in [3.63, 3.8) is 0 Å². The number of ether oxygens (including phenoxy) is 1. The number of nitrogens with one attached hydrogen (secondary N) is 2. The molecule has 0 unspecified atom stereocenters. The molecule has 0 bridgehead atoms. The van der Waals surface area contributed by atoms with Crippen LogP contribution in [0, 0.1) is 0 Å². The number of carbonyl (C=O) groups excluding carboxylic acids is 2. The molecule has 0 aliphatic heterocycles. The highest BCUT2D eigenvalue weighted by Crippen LogP contribution is 2.32. The average molecular weight is 516 g/mol. The summed E-state index contributed by atoms with van der Waals surface area (Å²) in [7, 11) is 0. The molecular weight excluding hydrogens is 483 g/mol. The van der Waals surface area contributed by atoms with Gasteiger partial charge >= 0.3 is 12.3 Å². The first kappa shape index (κ1) is 28.3. The van der Waals surface area contributed by atoms with Crippen LogP contribution in [0.2, 0.25) is 0 Å². The van der Waals surface area contributed by atoms with Crippen LogP contribution in [-0.4, -0.2) is 27.4 Å². The molecule has 194 valence electrons. The number of anilines is 1. The summed E-state index contributed by atoms with van der Waals surface area (Å²) in [5, 5.41) is 5.30. The van der Waals surface area contributed by atoms with Crippen LogP contribution in [0.3, 0.4) is 0 Å². The van der Waals surface area contributed by atoms with Crippen molar-refractivity contribution in [3.05, 3.63) is 39.1 Å². The molecule has 0 saturated heterocycles. The predicted molar refractivity (Wildman–Crippen MR) is 128 cm³/mol. The lowest BCUT2D eigenvalue weighted by atomic mass is 9.98. The molecule has 0 aliphatic carbocycles. The zero-order valence-electron chi connectivity index (χ0n) is 21.0. The number of unbranched alkanes of at least 4 members (excludes halogenated alkanes) is 1. The molecule has 35 heavy (non-hydrogen) atoms. The van der Waals surface area contributed by atoms with Gasteiger partial charge in [-0.25, -0.2) is 14.9 Å². The monoisotopic (exact) mass is 515 g/mol. The van der Waals surface area contributed by atoms with Crippen molar-refractivity contribution in [2.45, 2.75) is 85.0 Å². The Morgan fingerprint density at radius 3 is 2.34 bits per heavy atom. The molecule has 8 nitrogen and oxygen atoms in total. The van der Waals surface area contributed by atoms with E-state index in [9.17, 15) is 22.8 Å². The van der Waals surface area contributed by atoms with Crippen LogP contribution in [0.25, 0.3) is 0 Å². The van der Waals surface area contributed by atoms with Gasteiger partial charge in [0, 0.05) is 12.0 Å². The standard InChI is InChI=1S/C23H32F3N5O3S/c1-8-9-12-31-19(35-18(30-31)21(2,3)4)27-17(32)15-13-14(23(24,25)26)10-11-16(15)28-29-20(33)34-22(5,6)7/h10-11,13,28H,8-9,12H2,1-7H3,(H,29,33)/b27-19-. The van der Waals surface area contributed by atoms with Crippen LogP contribution in [0.5, 0.6) is 0 Å². The number of carbonyl (C=O) groups is 2. The van der Waals surface area contributed by atoms with Gasteiger partial charge in [-0.3, -0.25) is 10.2 Å². The summed E-state index contributed by atoms with van der Waals surface area (Å²) in [5.74, 6) is -0.904. The Morgan fingerprint density at radius 1 is 1.14 bits per heavy atom. The van der Waals surface area contributed by atoms with E-state index in [2.05, 4.69) is 20.9 Å². The number of hydrazine groups is 1. The fraction of sp³-hybridized carbons (Fsp3) is 0.565. The van der Waals surface area contributed by atoms with Gasteiger partial charge in [-0.1, -0.05) is 45.5 Å². The zero-order chi connectivity index (χ0) is 26.6. The maximum Gasteiger partial charge on any atom is 0.426 e. The molecule has 0 aliphatic rings. The number of nitrogens with zero attached hydrogens (tertiary/aromatic N) is 3. The molecule has 0 saturated carbocycles. The quantitative estimate of drug-likeness (QED) is 0.484. The second kappa shape index (κ2) is 10.8. The van der Waals surface area contributed by atoms with Gasteiger partial charge in [0.2, 0.25) is 4.80 Å². The highest BCUT2D eigenvalue weighted by Gasteiger charge is 2.32. The van der Waals surface area contributed by atoms with Gasteiger partial charge < -0.3 is 4.74 Å². The minimum absolute atomic E-state index is 0.0572. The maximum absolute atomic E-state index is 13.4. The summed E-state index contributed by atoms with van der Waals surface area (Å²) in [4.78, 5) is 29.5. The van der Waals surface area contributed by atoms with Crippen LogP contribution < -0.4 is 15.7 Å². The first-order valence-electron chi connectivity index (χ1n) is 11.1. The van der Waals surface area contributed by atoms with Crippen molar-refractivity contribution >= 4 is 29.0 Å². The second-order valence-corrected chi connectivity index (χ2v) is 10.9. The lowest BCUT2D eigenvalue weighted by Gasteiger charge is -2.20. The molecule has 1 aromatic heterocycles. The van der Waals surface area contributed by atoms with E-state index in [1.165, 1.54) is 11.3 Å². The summed E-state index contributed by atoms with van der Waals surface area (Å²) in [6.45, 7) is 13.4. The van der Waals surface area contributed by atoms with Crippen molar-refractivity contribution in [1.82, 2.24) is 15.2 Å². The van der Waals surface area contributed by atoms with Crippen LogP contribution in [0.15, 0.2) is 23.2 Å². The third kappa shape index (κ3) is 8.37. The molecule has 12 heteroatoms. The molecule has 2 N–H and O–H groups in total. The number of rotatable bonds is 6. The van der Waals surface area contributed by atoms with Crippen molar-refractivity contribution in [1.29, 1.82) is 0 Å². The second-order valence-electron chi connectivity index (χ2n) is 9.94. The summed E-state index contributed by atoms with van der Waals surface area (Å²) in [5.41, 5.74) is 2.19. The SMILES string of the molecule is CCCCn1nc(C(C)(C)C)s/c1=N\C(=O)c1cc(C(F)(F)F)ccc1NNC(=O)OC(C)(C)C. The Hall–Kier alpha value is -2.89. The van der Waals surface area contributed by atoms with Crippen LogP contribution >= 0.6 is 11.3 Å². The molecule has 0 fully saturated rings. The van der Waals surface area contributed by atoms with E-state index in [0.29, 0.717) is 12.6 Å².